The van der Waals surface area contributed by atoms with Crippen LogP contribution in [-0.2, 0) is 5.54 Å². The normalized spacial score (nSPS) is 12.5. The monoisotopic (exact) mass is 198 g/mol. The highest BCUT2D eigenvalue weighted by Gasteiger charge is 2.23. The second-order valence-corrected chi connectivity index (χ2v) is 5.53. The summed E-state index contributed by atoms with van der Waals surface area (Å²) >= 11 is 1.71. The molecular weight excluding hydrogens is 180 g/mol. The van der Waals surface area contributed by atoms with Gasteiger partial charge in [0.05, 0.1) is 10.7 Å². The maximum absolute atomic E-state index is 6.08. The summed E-state index contributed by atoms with van der Waals surface area (Å²) in [5.74, 6) is 0.461. The molecule has 2 N–H and O–H groups in total. The van der Waals surface area contributed by atoms with Crippen molar-refractivity contribution in [3.63, 3.8) is 0 Å². The van der Waals surface area contributed by atoms with Gasteiger partial charge in [-0.3, -0.25) is 0 Å². The van der Waals surface area contributed by atoms with Crippen LogP contribution in [0.3, 0.4) is 0 Å². The van der Waals surface area contributed by atoms with E-state index in [0.717, 1.165) is 10.7 Å². The molecule has 0 aliphatic heterocycles. The van der Waals surface area contributed by atoms with Crippen LogP contribution in [0.15, 0.2) is 0 Å². The van der Waals surface area contributed by atoms with Gasteiger partial charge in [0.1, 0.15) is 0 Å². The number of thiazole rings is 1. The standard InChI is InChI=1S/C10H18N2S/c1-6(2)8-9(10(4,5)11)13-7(3)12-8/h6H,11H2,1-5H3. The molecule has 0 unspecified atom stereocenters. The third kappa shape index (κ3) is 2.29. The van der Waals surface area contributed by atoms with Crippen LogP contribution in [0, 0.1) is 6.92 Å². The predicted molar refractivity (Wildman–Crippen MR) is 58.2 cm³/mol. The summed E-state index contributed by atoms with van der Waals surface area (Å²) in [5, 5.41) is 1.11. The van der Waals surface area contributed by atoms with E-state index in [2.05, 4.69) is 18.8 Å². The number of nitrogens with two attached hydrogens (primary N) is 1. The van der Waals surface area contributed by atoms with E-state index in [0.29, 0.717) is 5.92 Å². The number of nitrogens with zero attached hydrogens (tertiary/aromatic N) is 1. The van der Waals surface area contributed by atoms with E-state index in [1.807, 2.05) is 20.8 Å². The highest BCUT2D eigenvalue weighted by molar-refractivity contribution is 7.11. The molecule has 0 aromatic carbocycles. The Labute approximate surface area is 84.2 Å². The Balaban J connectivity index is 3.20. The summed E-state index contributed by atoms with van der Waals surface area (Å²) in [5.41, 5.74) is 6.98. The minimum Gasteiger partial charge on any atom is -0.321 e. The molecule has 0 radical (unpaired) electrons. The number of hydrogen-bond donors (Lipinski definition) is 1. The Morgan fingerprint density at radius 1 is 1.38 bits per heavy atom. The fourth-order valence-electron chi connectivity index (χ4n) is 1.30. The molecule has 1 heterocycles. The molecule has 0 spiro atoms. The van der Waals surface area contributed by atoms with Crippen LogP contribution in [-0.4, -0.2) is 4.98 Å². The van der Waals surface area contributed by atoms with Crippen molar-refractivity contribution in [2.75, 3.05) is 0 Å². The minimum absolute atomic E-state index is 0.258. The largest absolute Gasteiger partial charge is 0.321 e. The highest BCUT2D eigenvalue weighted by atomic mass is 32.1. The lowest BCUT2D eigenvalue weighted by molar-refractivity contribution is 0.553. The fourth-order valence-corrected chi connectivity index (χ4v) is 2.38. The predicted octanol–water partition coefficient (Wildman–Crippen LogP) is 2.77. The van der Waals surface area contributed by atoms with Gasteiger partial charge in [-0.05, 0) is 26.7 Å². The lowest BCUT2D eigenvalue weighted by Gasteiger charge is -2.19. The first-order chi connectivity index (χ1) is 5.82. The highest BCUT2D eigenvalue weighted by Crippen LogP contribution is 2.31. The average molecular weight is 198 g/mol. The first kappa shape index (κ1) is 10.7. The molecule has 0 aliphatic rings. The van der Waals surface area contributed by atoms with Crippen LogP contribution >= 0.6 is 11.3 Å². The average Bonchev–Trinajstić information content (AvgIpc) is 2.29. The number of aromatic nitrogens is 1. The Morgan fingerprint density at radius 2 is 1.92 bits per heavy atom. The molecule has 3 heteroatoms. The quantitative estimate of drug-likeness (QED) is 0.793. The number of rotatable bonds is 2. The summed E-state index contributed by atoms with van der Waals surface area (Å²) in [4.78, 5) is 5.74. The zero-order valence-electron chi connectivity index (χ0n) is 9.01. The number of hydrogen-bond acceptors (Lipinski definition) is 3. The molecule has 2 nitrogen and oxygen atoms in total. The maximum Gasteiger partial charge on any atom is 0.0901 e. The molecule has 1 aromatic rings. The topological polar surface area (TPSA) is 38.9 Å². The van der Waals surface area contributed by atoms with E-state index < -0.39 is 0 Å². The Morgan fingerprint density at radius 3 is 2.23 bits per heavy atom. The van der Waals surface area contributed by atoms with E-state index in [1.165, 1.54) is 4.88 Å². The summed E-state index contributed by atoms with van der Waals surface area (Å²) in [7, 11) is 0. The third-order valence-corrected chi connectivity index (χ3v) is 3.22. The smallest absolute Gasteiger partial charge is 0.0901 e. The van der Waals surface area contributed by atoms with Crippen molar-refractivity contribution in [2.24, 2.45) is 5.73 Å². The van der Waals surface area contributed by atoms with Crippen LogP contribution in [0.4, 0.5) is 0 Å². The van der Waals surface area contributed by atoms with Crippen molar-refractivity contribution in [1.82, 2.24) is 4.98 Å². The molecule has 0 saturated carbocycles. The van der Waals surface area contributed by atoms with Gasteiger partial charge < -0.3 is 5.73 Å². The summed E-state index contributed by atoms with van der Waals surface area (Å²) in [6, 6.07) is 0. The lowest BCUT2D eigenvalue weighted by atomic mass is 9.98. The van der Waals surface area contributed by atoms with Gasteiger partial charge in [0.2, 0.25) is 0 Å². The molecule has 1 aromatic heterocycles. The molecular formula is C10H18N2S. The summed E-state index contributed by atoms with van der Waals surface area (Å²) in [6.07, 6.45) is 0. The van der Waals surface area contributed by atoms with Gasteiger partial charge in [0, 0.05) is 10.4 Å². The minimum atomic E-state index is -0.258. The lowest BCUT2D eigenvalue weighted by Crippen LogP contribution is -2.28. The van der Waals surface area contributed by atoms with Crippen LogP contribution in [0.1, 0.15) is 49.2 Å². The Hall–Kier alpha value is -0.410. The maximum atomic E-state index is 6.08. The zero-order valence-corrected chi connectivity index (χ0v) is 9.83. The van der Waals surface area contributed by atoms with Crippen LogP contribution in [0.2, 0.25) is 0 Å². The number of aryl methyl sites for hydroxylation is 1. The fraction of sp³-hybridized carbons (Fsp3) is 0.700. The van der Waals surface area contributed by atoms with Crippen molar-refractivity contribution in [3.05, 3.63) is 15.6 Å². The van der Waals surface area contributed by atoms with Gasteiger partial charge in [-0.1, -0.05) is 13.8 Å². The third-order valence-electron chi connectivity index (χ3n) is 1.89. The van der Waals surface area contributed by atoms with E-state index in [-0.39, 0.29) is 5.54 Å². The van der Waals surface area contributed by atoms with Crippen molar-refractivity contribution in [2.45, 2.75) is 46.1 Å². The van der Waals surface area contributed by atoms with Gasteiger partial charge in [0.15, 0.2) is 0 Å². The molecule has 0 saturated heterocycles. The molecule has 1 rings (SSSR count). The van der Waals surface area contributed by atoms with E-state index in [9.17, 15) is 0 Å². The van der Waals surface area contributed by atoms with E-state index in [1.54, 1.807) is 11.3 Å². The first-order valence-corrected chi connectivity index (χ1v) is 5.40. The van der Waals surface area contributed by atoms with Crippen LogP contribution < -0.4 is 5.73 Å². The first-order valence-electron chi connectivity index (χ1n) is 4.59. The van der Waals surface area contributed by atoms with Crippen molar-refractivity contribution < 1.29 is 0 Å². The van der Waals surface area contributed by atoms with Gasteiger partial charge in [-0.15, -0.1) is 11.3 Å². The van der Waals surface area contributed by atoms with Gasteiger partial charge in [0.25, 0.3) is 0 Å². The molecule has 0 atom stereocenters. The zero-order chi connectivity index (χ0) is 10.2. The molecule has 0 amide bonds. The second kappa shape index (κ2) is 3.39. The van der Waals surface area contributed by atoms with Gasteiger partial charge in [-0.25, -0.2) is 4.98 Å². The SMILES string of the molecule is Cc1nc(C(C)C)c(C(C)(C)N)s1. The molecule has 13 heavy (non-hydrogen) atoms. The molecule has 0 bridgehead atoms. The summed E-state index contributed by atoms with van der Waals surface area (Å²) < 4.78 is 0. The summed E-state index contributed by atoms with van der Waals surface area (Å²) in [6.45, 7) is 10.4. The van der Waals surface area contributed by atoms with Crippen molar-refractivity contribution >= 4 is 11.3 Å². The van der Waals surface area contributed by atoms with E-state index >= 15 is 0 Å². The van der Waals surface area contributed by atoms with Crippen LogP contribution in [0.25, 0.3) is 0 Å². The molecule has 74 valence electrons. The van der Waals surface area contributed by atoms with E-state index in [4.69, 9.17) is 5.73 Å². The second-order valence-electron chi connectivity index (χ2n) is 4.32. The van der Waals surface area contributed by atoms with Crippen molar-refractivity contribution in [1.29, 1.82) is 0 Å². The Kier molecular flexibility index (Phi) is 2.78. The van der Waals surface area contributed by atoms with Crippen molar-refractivity contribution in [3.8, 4) is 0 Å². The van der Waals surface area contributed by atoms with Crippen LogP contribution in [0.5, 0.6) is 0 Å². The molecule has 0 fully saturated rings. The molecule has 0 aliphatic carbocycles. The Bertz CT molecular complexity index is 294. The van der Waals surface area contributed by atoms with Gasteiger partial charge >= 0.3 is 0 Å². The van der Waals surface area contributed by atoms with Gasteiger partial charge in [-0.2, -0.15) is 0 Å².